The average Bonchev–Trinajstić information content (AvgIpc) is 2.80. The molecule has 0 radical (unpaired) electrons. The maximum Gasteiger partial charge on any atom is 0.184 e. The van der Waals surface area contributed by atoms with Crippen molar-refractivity contribution in [2.45, 2.75) is 26.3 Å². The SMILES string of the molecule is CC(C)c1nccn1CC(=O)c1cc(Cl)ccc1Cl. The molecule has 1 aromatic heterocycles. The second-order valence-corrected chi connectivity index (χ2v) is 5.46. The van der Waals surface area contributed by atoms with Crippen molar-refractivity contribution < 1.29 is 4.79 Å². The molecule has 100 valence electrons. The summed E-state index contributed by atoms with van der Waals surface area (Å²) in [5, 5.41) is 0.920. The third-order valence-corrected chi connectivity index (χ3v) is 3.37. The molecule has 1 heterocycles. The number of hydrogen-bond acceptors (Lipinski definition) is 2. The van der Waals surface area contributed by atoms with Gasteiger partial charge in [-0.2, -0.15) is 0 Å². The highest BCUT2D eigenvalue weighted by molar-refractivity contribution is 6.35. The van der Waals surface area contributed by atoms with Crippen LogP contribution in [0.1, 0.15) is 35.9 Å². The van der Waals surface area contributed by atoms with Gasteiger partial charge in [-0.25, -0.2) is 4.98 Å². The van der Waals surface area contributed by atoms with Crippen LogP contribution in [0.25, 0.3) is 0 Å². The fourth-order valence-corrected chi connectivity index (χ4v) is 2.30. The van der Waals surface area contributed by atoms with E-state index in [1.54, 1.807) is 30.6 Å². The first kappa shape index (κ1) is 14.1. The van der Waals surface area contributed by atoms with Crippen molar-refractivity contribution >= 4 is 29.0 Å². The van der Waals surface area contributed by atoms with Gasteiger partial charge in [-0.05, 0) is 18.2 Å². The number of imidazole rings is 1. The lowest BCUT2D eigenvalue weighted by Gasteiger charge is -2.10. The van der Waals surface area contributed by atoms with E-state index in [-0.39, 0.29) is 18.2 Å². The van der Waals surface area contributed by atoms with Crippen LogP contribution in [0.15, 0.2) is 30.6 Å². The molecule has 0 spiro atoms. The van der Waals surface area contributed by atoms with Crippen LogP contribution in [0.4, 0.5) is 0 Å². The van der Waals surface area contributed by atoms with Crippen LogP contribution in [0.2, 0.25) is 10.0 Å². The average molecular weight is 297 g/mol. The van der Waals surface area contributed by atoms with Gasteiger partial charge in [-0.3, -0.25) is 4.79 Å². The molecule has 0 N–H and O–H groups in total. The van der Waals surface area contributed by atoms with E-state index < -0.39 is 0 Å². The zero-order chi connectivity index (χ0) is 14.0. The molecule has 0 fully saturated rings. The van der Waals surface area contributed by atoms with E-state index in [1.165, 1.54) is 0 Å². The first-order chi connectivity index (χ1) is 8.99. The molecule has 0 aliphatic rings. The van der Waals surface area contributed by atoms with Crippen molar-refractivity contribution in [3.63, 3.8) is 0 Å². The standard InChI is InChI=1S/C14H14Cl2N2O/c1-9(2)14-17-5-6-18(14)8-13(19)11-7-10(15)3-4-12(11)16/h3-7,9H,8H2,1-2H3. The largest absolute Gasteiger partial charge is 0.327 e. The van der Waals surface area contributed by atoms with Crippen LogP contribution in [0.5, 0.6) is 0 Å². The fraction of sp³-hybridized carbons (Fsp3) is 0.286. The minimum absolute atomic E-state index is 0.0765. The lowest BCUT2D eigenvalue weighted by Crippen LogP contribution is -2.13. The van der Waals surface area contributed by atoms with Crippen LogP contribution >= 0.6 is 23.2 Å². The minimum Gasteiger partial charge on any atom is -0.327 e. The summed E-state index contributed by atoms with van der Waals surface area (Å²) in [7, 11) is 0. The van der Waals surface area contributed by atoms with Crippen molar-refractivity contribution in [2.75, 3.05) is 0 Å². The van der Waals surface area contributed by atoms with E-state index >= 15 is 0 Å². The Bertz CT molecular complexity index is 605. The molecular formula is C14H14Cl2N2O. The van der Waals surface area contributed by atoms with Gasteiger partial charge in [0.25, 0.3) is 0 Å². The molecular weight excluding hydrogens is 283 g/mol. The number of ketones is 1. The lowest BCUT2D eigenvalue weighted by atomic mass is 10.1. The van der Waals surface area contributed by atoms with Gasteiger partial charge in [0.05, 0.1) is 11.6 Å². The van der Waals surface area contributed by atoms with E-state index in [0.29, 0.717) is 15.6 Å². The first-order valence-electron chi connectivity index (χ1n) is 5.98. The Balaban J connectivity index is 2.26. The third-order valence-electron chi connectivity index (χ3n) is 2.81. The Hall–Kier alpha value is -1.32. The predicted octanol–water partition coefficient (Wildman–Crippen LogP) is 4.20. The molecule has 3 nitrogen and oxygen atoms in total. The summed E-state index contributed by atoms with van der Waals surface area (Å²) in [6.07, 6.45) is 3.49. The van der Waals surface area contributed by atoms with Crippen LogP contribution < -0.4 is 0 Å². The Morgan fingerprint density at radius 2 is 2.11 bits per heavy atom. The summed E-state index contributed by atoms with van der Waals surface area (Å²) in [5.41, 5.74) is 0.442. The molecule has 0 saturated carbocycles. The summed E-state index contributed by atoms with van der Waals surface area (Å²) >= 11 is 11.9. The summed E-state index contributed by atoms with van der Waals surface area (Å²) in [5.74, 6) is 1.07. The number of carbonyl (C=O) groups is 1. The maximum atomic E-state index is 12.3. The lowest BCUT2D eigenvalue weighted by molar-refractivity contribution is 0.0971. The monoisotopic (exact) mass is 296 g/mol. The van der Waals surface area contributed by atoms with E-state index in [9.17, 15) is 4.79 Å². The Morgan fingerprint density at radius 3 is 2.79 bits per heavy atom. The topological polar surface area (TPSA) is 34.9 Å². The molecule has 0 atom stereocenters. The highest BCUT2D eigenvalue weighted by atomic mass is 35.5. The predicted molar refractivity (Wildman–Crippen MR) is 77.1 cm³/mol. The fourth-order valence-electron chi connectivity index (χ4n) is 1.91. The van der Waals surface area contributed by atoms with Crippen molar-refractivity contribution in [3.8, 4) is 0 Å². The molecule has 0 aliphatic carbocycles. The molecule has 1 aromatic carbocycles. The van der Waals surface area contributed by atoms with Crippen molar-refractivity contribution in [1.82, 2.24) is 9.55 Å². The number of nitrogens with zero attached hydrogens (tertiary/aromatic N) is 2. The quantitative estimate of drug-likeness (QED) is 0.793. The van der Waals surface area contributed by atoms with Gasteiger partial charge in [0, 0.05) is 28.9 Å². The summed E-state index contributed by atoms with van der Waals surface area (Å²) in [4.78, 5) is 16.5. The van der Waals surface area contributed by atoms with Gasteiger partial charge in [0.15, 0.2) is 5.78 Å². The summed E-state index contributed by atoms with van der Waals surface area (Å²) in [6, 6.07) is 4.89. The molecule has 0 unspecified atom stereocenters. The number of rotatable bonds is 4. The van der Waals surface area contributed by atoms with Gasteiger partial charge < -0.3 is 4.57 Å². The first-order valence-corrected chi connectivity index (χ1v) is 6.74. The maximum absolute atomic E-state index is 12.3. The zero-order valence-electron chi connectivity index (χ0n) is 10.7. The van der Waals surface area contributed by atoms with Crippen molar-refractivity contribution in [3.05, 3.63) is 52.0 Å². The summed E-state index contributed by atoms with van der Waals surface area (Å²) < 4.78 is 1.84. The Morgan fingerprint density at radius 1 is 1.37 bits per heavy atom. The Kier molecular flexibility index (Phi) is 4.27. The number of carbonyl (C=O) groups excluding carboxylic acids is 1. The number of benzene rings is 1. The molecule has 19 heavy (non-hydrogen) atoms. The minimum atomic E-state index is -0.0765. The zero-order valence-corrected chi connectivity index (χ0v) is 12.2. The van der Waals surface area contributed by atoms with Crippen molar-refractivity contribution in [1.29, 1.82) is 0 Å². The second-order valence-electron chi connectivity index (χ2n) is 4.62. The molecule has 0 amide bonds. The van der Waals surface area contributed by atoms with E-state index in [1.807, 2.05) is 18.4 Å². The van der Waals surface area contributed by atoms with Crippen LogP contribution in [0, 0.1) is 0 Å². The van der Waals surface area contributed by atoms with Gasteiger partial charge in [0.1, 0.15) is 5.82 Å². The highest BCUT2D eigenvalue weighted by Crippen LogP contribution is 2.22. The molecule has 0 bridgehead atoms. The van der Waals surface area contributed by atoms with Crippen LogP contribution in [-0.4, -0.2) is 15.3 Å². The van der Waals surface area contributed by atoms with Crippen molar-refractivity contribution in [2.24, 2.45) is 0 Å². The number of Topliss-reactive ketones (excluding diaryl/α,β-unsaturated/α-hetero) is 1. The van der Waals surface area contributed by atoms with Gasteiger partial charge in [-0.15, -0.1) is 0 Å². The van der Waals surface area contributed by atoms with Crippen LogP contribution in [-0.2, 0) is 6.54 Å². The van der Waals surface area contributed by atoms with Gasteiger partial charge in [0.2, 0.25) is 0 Å². The number of aromatic nitrogens is 2. The molecule has 0 aliphatic heterocycles. The van der Waals surface area contributed by atoms with Crippen LogP contribution in [0.3, 0.4) is 0 Å². The number of hydrogen-bond donors (Lipinski definition) is 0. The molecule has 2 aromatic rings. The smallest absolute Gasteiger partial charge is 0.184 e. The number of halogens is 2. The van der Waals surface area contributed by atoms with E-state index in [0.717, 1.165) is 5.82 Å². The summed E-state index contributed by atoms with van der Waals surface area (Å²) in [6.45, 7) is 4.29. The highest BCUT2D eigenvalue weighted by Gasteiger charge is 2.14. The van der Waals surface area contributed by atoms with Gasteiger partial charge in [-0.1, -0.05) is 37.0 Å². The molecule has 5 heteroatoms. The third kappa shape index (κ3) is 3.17. The van der Waals surface area contributed by atoms with E-state index in [2.05, 4.69) is 4.98 Å². The molecule has 0 saturated heterocycles. The Labute approximate surface area is 122 Å². The van der Waals surface area contributed by atoms with E-state index in [4.69, 9.17) is 23.2 Å². The molecule has 2 rings (SSSR count). The van der Waals surface area contributed by atoms with Gasteiger partial charge >= 0.3 is 0 Å². The second kappa shape index (κ2) is 5.76. The normalized spacial score (nSPS) is 11.0.